The zero-order valence-corrected chi connectivity index (χ0v) is 11.7. The predicted molar refractivity (Wildman–Crippen MR) is 74.4 cm³/mol. The predicted octanol–water partition coefficient (Wildman–Crippen LogP) is 1.95. The second kappa shape index (κ2) is 6.18. The van der Waals surface area contributed by atoms with Crippen molar-refractivity contribution in [1.29, 1.82) is 0 Å². The number of hydrogen-bond donors (Lipinski definition) is 2. The zero-order valence-electron chi connectivity index (χ0n) is 11.7. The van der Waals surface area contributed by atoms with Crippen molar-refractivity contribution >= 4 is 23.5 Å². The van der Waals surface area contributed by atoms with Crippen LogP contribution in [0.5, 0.6) is 0 Å². The minimum atomic E-state index is -0.684. The van der Waals surface area contributed by atoms with E-state index in [9.17, 15) is 14.4 Å². The molecule has 0 fully saturated rings. The third kappa shape index (κ3) is 4.72. The number of urea groups is 1. The smallest absolute Gasteiger partial charge is 0.338 e. The van der Waals surface area contributed by atoms with Crippen molar-refractivity contribution in [3.8, 4) is 0 Å². The van der Waals surface area contributed by atoms with Gasteiger partial charge in [-0.25, -0.2) is 9.59 Å². The molecule has 0 aliphatic heterocycles. The molecule has 0 heterocycles. The molecule has 108 valence electrons. The van der Waals surface area contributed by atoms with Gasteiger partial charge in [-0.3, -0.25) is 4.79 Å². The van der Waals surface area contributed by atoms with Gasteiger partial charge in [-0.15, -0.1) is 0 Å². The third-order valence-electron chi connectivity index (χ3n) is 2.56. The van der Waals surface area contributed by atoms with Gasteiger partial charge in [0.2, 0.25) is 0 Å². The number of nitrogens with one attached hydrogen (secondary N) is 1. The van der Waals surface area contributed by atoms with Crippen LogP contribution in [-0.2, 0) is 9.53 Å². The Balaban J connectivity index is 2.60. The zero-order chi connectivity index (χ0) is 15.3. The number of ether oxygens (including phenoxy) is 1. The van der Waals surface area contributed by atoms with Crippen molar-refractivity contribution in [2.45, 2.75) is 20.8 Å². The highest BCUT2D eigenvalue weighted by atomic mass is 16.5. The Bertz CT molecular complexity index is 515. The molecule has 3 N–H and O–H groups in total. The molecule has 0 aliphatic rings. The molecule has 1 aromatic rings. The minimum Gasteiger partial charge on any atom is -0.454 e. The Labute approximate surface area is 117 Å². The number of carbonyl (C=O) groups is 3. The topological polar surface area (TPSA) is 98.5 Å². The molecule has 0 saturated carbocycles. The second-order valence-corrected chi connectivity index (χ2v) is 5.32. The number of anilines is 1. The minimum absolute atomic E-state index is 0.155. The molecule has 0 saturated heterocycles. The Morgan fingerprint density at radius 3 is 2.15 bits per heavy atom. The number of rotatable bonds is 4. The van der Waals surface area contributed by atoms with E-state index in [0.717, 1.165) is 0 Å². The van der Waals surface area contributed by atoms with Crippen molar-refractivity contribution in [1.82, 2.24) is 0 Å². The van der Waals surface area contributed by atoms with Gasteiger partial charge in [-0.2, -0.15) is 0 Å². The maximum atomic E-state index is 11.7. The van der Waals surface area contributed by atoms with E-state index in [2.05, 4.69) is 5.32 Å². The molecule has 6 nitrogen and oxygen atoms in total. The van der Waals surface area contributed by atoms with Crippen LogP contribution < -0.4 is 11.1 Å². The van der Waals surface area contributed by atoms with Crippen LogP contribution in [0, 0.1) is 5.41 Å². The molecule has 0 bridgehead atoms. The molecule has 0 unspecified atom stereocenters. The van der Waals surface area contributed by atoms with Gasteiger partial charge in [-0.05, 0) is 24.3 Å². The molecule has 0 spiro atoms. The van der Waals surface area contributed by atoms with E-state index in [1.54, 1.807) is 20.8 Å². The normalized spacial score (nSPS) is 10.8. The van der Waals surface area contributed by atoms with Crippen LogP contribution >= 0.6 is 0 Å². The molecule has 1 rings (SSSR count). The summed E-state index contributed by atoms with van der Waals surface area (Å²) in [5.74, 6) is -0.744. The number of carbonyl (C=O) groups excluding carboxylic acids is 3. The summed E-state index contributed by atoms with van der Waals surface area (Å²) in [6.07, 6.45) is 0. The highest BCUT2D eigenvalue weighted by Crippen LogP contribution is 2.15. The van der Waals surface area contributed by atoms with Crippen LogP contribution in [0.25, 0.3) is 0 Å². The van der Waals surface area contributed by atoms with Crippen LogP contribution in [0.2, 0.25) is 0 Å². The lowest BCUT2D eigenvalue weighted by molar-refractivity contribution is -0.129. The van der Waals surface area contributed by atoms with Gasteiger partial charge >= 0.3 is 12.0 Å². The fourth-order valence-electron chi connectivity index (χ4n) is 1.26. The highest BCUT2D eigenvalue weighted by molar-refractivity contribution is 5.93. The Morgan fingerprint density at radius 1 is 1.15 bits per heavy atom. The van der Waals surface area contributed by atoms with E-state index in [1.807, 2.05) is 0 Å². The van der Waals surface area contributed by atoms with E-state index >= 15 is 0 Å². The van der Waals surface area contributed by atoms with E-state index < -0.39 is 17.4 Å². The van der Waals surface area contributed by atoms with Crippen molar-refractivity contribution in [3.63, 3.8) is 0 Å². The van der Waals surface area contributed by atoms with Gasteiger partial charge in [0, 0.05) is 11.1 Å². The van der Waals surface area contributed by atoms with E-state index in [1.165, 1.54) is 24.3 Å². The lowest BCUT2D eigenvalue weighted by Gasteiger charge is -2.16. The van der Waals surface area contributed by atoms with Crippen molar-refractivity contribution in [3.05, 3.63) is 29.8 Å². The molecule has 0 aromatic heterocycles. The first kappa shape index (κ1) is 15.7. The van der Waals surface area contributed by atoms with E-state index in [0.29, 0.717) is 11.3 Å². The number of primary amides is 1. The quantitative estimate of drug-likeness (QED) is 0.822. The first-order chi connectivity index (χ1) is 9.20. The largest absolute Gasteiger partial charge is 0.454 e. The molecule has 2 amide bonds. The van der Waals surface area contributed by atoms with Gasteiger partial charge in [0.25, 0.3) is 0 Å². The lowest BCUT2D eigenvalue weighted by atomic mass is 9.91. The summed E-state index contributed by atoms with van der Waals surface area (Å²) >= 11 is 0. The van der Waals surface area contributed by atoms with Gasteiger partial charge in [0.05, 0.1) is 5.56 Å². The summed E-state index contributed by atoms with van der Waals surface area (Å²) in [4.78, 5) is 34.0. The number of nitrogens with two attached hydrogens (primary N) is 1. The summed E-state index contributed by atoms with van der Waals surface area (Å²) in [5, 5.41) is 2.37. The first-order valence-corrected chi connectivity index (χ1v) is 6.07. The average Bonchev–Trinajstić information content (AvgIpc) is 2.34. The SMILES string of the molecule is CC(C)(C)C(=O)COC(=O)c1ccc(NC(N)=O)cc1. The first-order valence-electron chi connectivity index (χ1n) is 6.07. The molecular formula is C14H18N2O4. The Hall–Kier alpha value is -2.37. The van der Waals surface area contributed by atoms with Crippen LogP contribution in [0.15, 0.2) is 24.3 Å². The van der Waals surface area contributed by atoms with Gasteiger partial charge in [-0.1, -0.05) is 20.8 Å². The molecule has 0 atom stereocenters. The highest BCUT2D eigenvalue weighted by Gasteiger charge is 2.22. The van der Waals surface area contributed by atoms with Crippen molar-refractivity contribution < 1.29 is 19.1 Å². The van der Waals surface area contributed by atoms with Crippen LogP contribution in [0.4, 0.5) is 10.5 Å². The van der Waals surface area contributed by atoms with Gasteiger partial charge in [0.15, 0.2) is 12.4 Å². The molecule has 6 heteroatoms. The fraction of sp³-hybridized carbons (Fsp3) is 0.357. The molecule has 0 radical (unpaired) electrons. The molecule has 0 aliphatic carbocycles. The lowest BCUT2D eigenvalue weighted by Crippen LogP contribution is -2.26. The van der Waals surface area contributed by atoms with Crippen molar-refractivity contribution in [2.24, 2.45) is 11.1 Å². The number of amides is 2. The average molecular weight is 278 g/mol. The third-order valence-corrected chi connectivity index (χ3v) is 2.56. The second-order valence-electron chi connectivity index (χ2n) is 5.32. The van der Waals surface area contributed by atoms with Crippen LogP contribution in [0.3, 0.4) is 0 Å². The van der Waals surface area contributed by atoms with Crippen molar-refractivity contribution in [2.75, 3.05) is 11.9 Å². The van der Waals surface area contributed by atoms with E-state index in [4.69, 9.17) is 10.5 Å². The van der Waals surface area contributed by atoms with Crippen LogP contribution in [0.1, 0.15) is 31.1 Å². The maximum Gasteiger partial charge on any atom is 0.338 e. The fourth-order valence-corrected chi connectivity index (χ4v) is 1.26. The maximum absolute atomic E-state index is 11.7. The van der Waals surface area contributed by atoms with Gasteiger partial charge < -0.3 is 15.8 Å². The number of Topliss-reactive ketones (excluding diaryl/α,β-unsaturated/α-hetero) is 1. The van der Waals surface area contributed by atoms with Crippen LogP contribution in [-0.4, -0.2) is 24.4 Å². The van der Waals surface area contributed by atoms with Gasteiger partial charge in [0.1, 0.15) is 0 Å². The summed E-state index contributed by atoms with van der Waals surface area (Å²) in [6.45, 7) is 5.01. The molecule has 20 heavy (non-hydrogen) atoms. The number of ketones is 1. The summed E-state index contributed by atoms with van der Waals surface area (Å²) in [7, 11) is 0. The molecule has 1 aromatic carbocycles. The summed E-state index contributed by atoms with van der Waals surface area (Å²) in [6, 6.07) is 5.32. The Kier molecular flexibility index (Phi) is 4.85. The standard InChI is InChI=1S/C14H18N2O4/c1-14(2,3)11(17)8-20-12(18)9-4-6-10(7-5-9)16-13(15)19/h4-7H,8H2,1-3H3,(H3,15,16,19). The number of esters is 1. The Morgan fingerprint density at radius 2 is 1.70 bits per heavy atom. The number of hydrogen-bond acceptors (Lipinski definition) is 4. The number of benzene rings is 1. The monoisotopic (exact) mass is 278 g/mol. The summed E-state index contributed by atoms with van der Waals surface area (Å²) in [5.41, 5.74) is 5.18. The molecular weight excluding hydrogens is 260 g/mol. The summed E-state index contributed by atoms with van der Waals surface area (Å²) < 4.78 is 4.94. The van der Waals surface area contributed by atoms with E-state index in [-0.39, 0.29) is 12.4 Å².